The van der Waals surface area contributed by atoms with Crippen LogP contribution in [0.15, 0.2) is 77.5 Å². The van der Waals surface area contributed by atoms with Crippen molar-refractivity contribution in [3.8, 4) is 17.2 Å². The molecule has 0 aliphatic carbocycles. The van der Waals surface area contributed by atoms with Gasteiger partial charge in [-0.1, -0.05) is 35.9 Å². The Morgan fingerprint density at radius 1 is 1.00 bits per heavy atom. The Balaban J connectivity index is 1.57. The molecule has 0 saturated heterocycles. The number of hydrazone groups is 1. The van der Waals surface area contributed by atoms with Crippen molar-refractivity contribution >= 4 is 35.7 Å². The molecule has 1 heterocycles. The molecular formula is C24H18ClN3O5. The van der Waals surface area contributed by atoms with Crippen LogP contribution in [0.2, 0.25) is 5.02 Å². The Hall–Kier alpha value is -4.30. The lowest BCUT2D eigenvalue weighted by Crippen LogP contribution is -2.32. The number of hydrogen-bond donors (Lipinski definition) is 3. The van der Waals surface area contributed by atoms with Crippen LogP contribution in [0, 0.1) is 0 Å². The SMILES string of the molecule is O=C(N/N=C/c1cc(Cl)ccc1O)/C(=C\c1ccc2c(c1)OCO2)NC(=O)c1ccccc1. The van der Waals surface area contributed by atoms with Gasteiger partial charge in [-0.25, -0.2) is 5.43 Å². The molecule has 9 heteroatoms. The summed E-state index contributed by atoms with van der Waals surface area (Å²) in [5, 5.41) is 16.8. The quantitative estimate of drug-likeness (QED) is 0.293. The molecular weight excluding hydrogens is 446 g/mol. The number of rotatable bonds is 6. The molecule has 0 bridgehead atoms. The van der Waals surface area contributed by atoms with E-state index in [1.165, 1.54) is 30.5 Å². The number of halogens is 1. The van der Waals surface area contributed by atoms with Gasteiger partial charge in [0, 0.05) is 16.1 Å². The molecule has 0 fully saturated rings. The van der Waals surface area contributed by atoms with Crippen LogP contribution in [0.3, 0.4) is 0 Å². The summed E-state index contributed by atoms with van der Waals surface area (Å²) in [4.78, 5) is 25.5. The monoisotopic (exact) mass is 463 g/mol. The molecule has 33 heavy (non-hydrogen) atoms. The van der Waals surface area contributed by atoms with E-state index in [1.54, 1.807) is 48.5 Å². The lowest BCUT2D eigenvalue weighted by molar-refractivity contribution is -0.117. The zero-order valence-corrected chi connectivity index (χ0v) is 17.9. The van der Waals surface area contributed by atoms with Crippen LogP contribution in [-0.4, -0.2) is 29.9 Å². The lowest BCUT2D eigenvalue weighted by atomic mass is 10.1. The highest BCUT2D eigenvalue weighted by atomic mass is 35.5. The average molecular weight is 464 g/mol. The van der Waals surface area contributed by atoms with Gasteiger partial charge in [0.15, 0.2) is 11.5 Å². The Labute approximate surface area is 194 Å². The first kappa shape index (κ1) is 21.9. The number of fused-ring (bicyclic) bond motifs is 1. The van der Waals surface area contributed by atoms with E-state index >= 15 is 0 Å². The summed E-state index contributed by atoms with van der Waals surface area (Å²) in [6.45, 7) is 0.117. The summed E-state index contributed by atoms with van der Waals surface area (Å²) in [6.07, 6.45) is 2.74. The third-order valence-corrected chi connectivity index (χ3v) is 4.83. The molecule has 1 aliphatic heterocycles. The molecule has 0 radical (unpaired) electrons. The van der Waals surface area contributed by atoms with Crippen molar-refractivity contribution in [2.45, 2.75) is 0 Å². The molecule has 3 aromatic rings. The van der Waals surface area contributed by atoms with E-state index in [2.05, 4.69) is 15.8 Å². The number of carbonyl (C=O) groups is 2. The number of amides is 2. The molecule has 3 N–H and O–H groups in total. The average Bonchev–Trinajstić information content (AvgIpc) is 3.29. The number of carbonyl (C=O) groups excluding carboxylic acids is 2. The molecule has 8 nitrogen and oxygen atoms in total. The minimum Gasteiger partial charge on any atom is -0.507 e. The van der Waals surface area contributed by atoms with Gasteiger partial charge < -0.3 is 19.9 Å². The van der Waals surface area contributed by atoms with Crippen LogP contribution in [-0.2, 0) is 4.79 Å². The minimum absolute atomic E-state index is 0.0461. The van der Waals surface area contributed by atoms with E-state index < -0.39 is 11.8 Å². The standard InChI is InChI=1S/C24H18ClN3O5/c25-18-7-8-20(29)17(12-18)13-26-28-24(31)19(27-23(30)16-4-2-1-3-5-16)10-15-6-9-21-22(11-15)33-14-32-21/h1-13,29H,14H2,(H,27,30)(H,28,31)/b19-10+,26-13+. The Bertz CT molecular complexity index is 1260. The van der Waals surface area contributed by atoms with Crippen molar-refractivity contribution in [2.75, 3.05) is 6.79 Å². The maximum atomic E-state index is 12.8. The van der Waals surface area contributed by atoms with Crippen LogP contribution < -0.4 is 20.2 Å². The van der Waals surface area contributed by atoms with Crippen LogP contribution >= 0.6 is 11.6 Å². The minimum atomic E-state index is -0.672. The summed E-state index contributed by atoms with van der Waals surface area (Å²) in [7, 11) is 0. The van der Waals surface area contributed by atoms with Crippen LogP contribution in [0.25, 0.3) is 6.08 Å². The van der Waals surface area contributed by atoms with Crippen LogP contribution in [0.4, 0.5) is 0 Å². The molecule has 0 unspecified atom stereocenters. The number of ether oxygens (including phenoxy) is 2. The highest BCUT2D eigenvalue weighted by Gasteiger charge is 2.17. The fourth-order valence-corrected chi connectivity index (χ4v) is 3.14. The molecule has 166 valence electrons. The smallest absolute Gasteiger partial charge is 0.287 e. The lowest BCUT2D eigenvalue weighted by Gasteiger charge is -2.09. The fourth-order valence-electron chi connectivity index (χ4n) is 2.96. The summed E-state index contributed by atoms with van der Waals surface area (Å²) >= 11 is 5.92. The van der Waals surface area contributed by atoms with Gasteiger partial charge in [-0.05, 0) is 54.1 Å². The Morgan fingerprint density at radius 2 is 1.79 bits per heavy atom. The molecule has 0 spiro atoms. The number of benzene rings is 3. The molecule has 1 aliphatic rings. The normalized spacial score (nSPS) is 12.6. The number of aromatic hydroxyl groups is 1. The van der Waals surface area contributed by atoms with Gasteiger partial charge in [0.05, 0.1) is 6.21 Å². The number of phenols is 1. The van der Waals surface area contributed by atoms with Gasteiger partial charge in [-0.15, -0.1) is 0 Å². The van der Waals surface area contributed by atoms with Crippen molar-refractivity contribution in [3.63, 3.8) is 0 Å². The molecule has 0 aromatic heterocycles. The van der Waals surface area contributed by atoms with E-state index in [0.717, 1.165) is 0 Å². The summed E-state index contributed by atoms with van der Waals surface area (Å²) < 4.78 is 10.7. The van der Waals surface area contributed by atoms with Crippen molar-refractivity contribution in [2.24, 2.45) is 5.10 Å². The first-order chi connectivity index (χ1) is 16.0. The highest BCUT2D eigenvalue weighted by molar-refractivity contribution is 6.30. The Kier molecular flexibility index (Phi) is 6.56. The molecule has 3 aromatic carbocycles. The number of hydrogen-bond acceptors (Lipinski definition) is 6. The van der Waals surface area contributed by atoms with Crippen molar-refractivity contribution in [3.05, 3.63) is 94.1 Å². The molecule has 0 atom stereocenters. The van der Waals surface area contributed by atoms with Gasteiger partial charge in [0.2, 0.25) is 6.79 Å². The van der Waals surface area contributed by atoms with Gasteiger partial charge in [0.25, 0.3) is 11.8 Å². The van der Waals surface area contributed by atoms with E-state index in [4.69, 9.17) is 21.1 Å². The van der Waals surface area contributed by atoms with Gasteiger partial charge in [-0.2, -0.15) is 5.10 Å². The highest BCUT2D eigenvalue weighted by Crippen LogP contribution is 2.33. The first-order valence-electron chi connectivity index (χ1n) is 9.79. The second-order valence-corrected chi connectivity index (χ2v) is 7.33. The first-order valence-corrected chi connectivity index (χ1v) is 10.2. The predicted octanol–water partition coefficient (Wildman–Crippen LogP) is 3.70. The van der Waals surface area contributed by atoms with Crippen LogP contribution in [0.5, 0.6) is 17.2 Å². The van der Waals surface area contributed by atoms with Gasteiger partial charge in [-0.3, -0.25) is 9.59 Å². The zero-order chi connectivity index (χ0) is 23.2. The molecule has 4 rings (SSSR count). The Morgan fingerprint density at radius 3 is 2.61 bits per heavy atom. The van der Waals surface area contributed by atoms with Crippen molar-refractivity contribution in [1.29, 1.82) is 0 Å². The fraction of sp³-hybridized carbons (Fsp3) is 0.0417. The molecule has 0 saturated carbocycles. The second-order valence-electron chi connectivity index (χ2n) is 6.89. The van der Waals surface area contributed by atoms with E-state index in [-0.39, 0.29) is 18.2 Å². The maximum absolute atomic E-state index is 12.8. The number of nitrogens with one attached hydrogen (secondary N) is 2. The topological polar surface area (TPSA) is 109 Å². The third kappa shape index (κ3) is 5.50. The summed E-state index contributed by atoms with van der Waals surface area (Å²) in [5.74, 6) is -0.0559. The maximum Gasteiger partial charge on any atom is 0.287 e. The van der Waals surface area contributed by atoms with Gasteiger partial charge in [0.1, 0.15) is 11.4 Å². The summed E-state index contributed by atoms with van der Waals surface area (Å²) in [6, 6.07) is 18.0. The van der Waals surface area contributed by atoms with Crippen LogP contribution in [0.1, 0.15) is 21.5 Å². The second kappa shape index (κ2) is 9.88. The molecule has 2 amide bonds. The van der Waals surface area contributed by atoms with E-state index in [1.807, 2.05) is 0 Å². The van der Waals surface area contributed by atoms with E-state index in [0.29, 0.717) is 33.2 Å². The van der Waals surface area contributed by atoms with Crippen molar-refractivity contribution in [1.82, 2.24) is 10.7 Å². The van der Waals surface area contributed by atoms with E-state index in [9.17, 15) is 14.7 Å². The summed E-state index contributed by atoms with van der Waals surface area (Å²) in [5.41, 5.74) is 3.60. The van der Waals surface area contributed by atoms with Gasteiger partial charge >= 0.3 is 0 Å². The third-order valence-electron chi connectivity index (χ3n) is 4.60. The number of nitrogens with zero attached hydrogens (tertiary/aromatic N) is 1. The van der Waals surface area contributed by atoms with Crippen molar-refractivity contribution < 1.29 is 24.2 Å². The zero-order valence-electron chi connectivity index (χ0n) is 17.1. The number of phenolic OH excluding ortho intramolecular Hbond substituents is 1. The largest absolute Gasteiger partial charge is 0.507 e. The predicted molar refractivity (Wildman–Crippen MR) is 123 cm³/mol.